The van der Waals surface area contributed by atoms with Gasteiger partial charge in [0.05, 0.1) is 22.5 Å². The van der Waals surface area contributed by atoms with Gasteiger partial charge in [-0.15, -0.1) is 0 Å². The minimum Gasteiger partial charge on any atom is -0.508 e. The monoisotopic (exact) mass is 444 g/mol. The largest absolute Gasteiger partial charge is 0.508 e. The highest BCUT2D eigenvalue weighted by atomic mass is 16.3. The molecule has 1 heterocycles. The highest BCUT2D eigenvalue weighted by Gasteiger charge is 2.32. The third kappa shape index (κ3) is 2.97. The molecule has 0 bridgehead atoms. The summed E-state index contributed by atoms with van der Waals surface area (Å²) in [7, 11) is 0. The second-order valence-corrected chi connectivity index (χ2v) is 8.07. The Hall–Kier alpha value is -4.84. The summed E-state index contributed by atoms with van der Waals surface area (Å²) in [6.45, 7) is 0. The molecule has 162 valence electrons. The molecule has 34 heavy (non-hydrogen) atoms. The number of carbonyl (C=O) groups excluding carboxylic acids is 2. The van der Waals surface area contributed by atoms with E-state index in [1.165, 1.54) is 0 Å². The average molecular weight is 444 g/mol. The van der Waals surface area contributed by atoms with E-state index in [0.29, 0.717) is 44.7 Å². The van der Waals surface area contributed by atoms with Crippen molar-refractivity contribution in [3.05, 3.63) is 107 Å². The number of benzene rings is 4. The Labute approximate surface area is 193 Å². The van der Waals surface area contributed by atoms with Crippen LogP contribution in [-0.4, -0.2) is 31.7 Å². The molecule has 4 aromatic carbocycles. The standard InChI is InChI=1S/C28H16N2O4/c31-17-9-5-15(6-10-17)24-25(16-7-11-18(32)12-8-16)30-26-22(29-24)14-13-21-23(26)28(34)20-4-2-1-3-19(20)27(21)33/h1-14,31-32H. The summed E-state index contributed by atoms with van der Waals surface area (Å²) in [4.78, 5) is 36.3. The molecule has 0 spiro atoms. The lowest BCUT2D eigenvalue weighted by Crippen LogP contribution is -2.21. The van der Waals surface area contributed by atoms with E-state index in [0.717, 1.165) is 5.56 Å². The van der Waals surface area contributed by atoms with Crippen molar-refractivity contribution in [3.8, 4) is 34.0 Å². The molecule has 1 aliphatic rings. The lowest BCUT2D eigenvalue weighted by atomic mass is 9.83. The number of ketones is 2. The fourth-order valence-corrected chi connectivity index (χ4v) is 4.34. The van der Waals surface area contributed by atoms with Crippen molar-refractivity contribution in [1.82, 2.24) is 9.97 Å². The minimum atomic E-state index is -0.265. The van der Waals surface area contributed by atoms with E-state index >= 15 is 0 Å². The summed E-state index contributed by atoms with van der Waals surface area (Å²) in [6.07, 6.45) is 0. The van der Waals surface area contributed by atoms with Gasteiger partial charge in [0, 0.05) is 27.8 Å². The van der Waals surface area contributed by atoms with E-state index in [2.05, 4.69) is 0 Å². The fraction of sp³-hybridized carbons (Fsp3) is 0. The average Bonchev–Trinajstić information content (AvgIpc) is 2.87. The van der Waals surface area contributed by atoms with Crippen molar-refractivity contribution >= 4 is 22.6 Å². The molecular formula is C28H16N2O4. The van der Waals surface area contributed by atoms with E-state index in [1.807, 2.05) is 0 Å². The molecule has 2 N–H and O–H groups in total. The molecule has 0 unspecified atom stereocenters. The van der Waals surface area contributed by atoms with Gasteiger partial charge in [-0.05, 0) is 60.7 Å². The first-order valence-electron chi connectivity index (χ1n) is 10.6. The van der Waals surface area contributed by atoms with Crippen LogP contribution in [0.15, 0.2) is 84.9 Å². The zero-order chi connectivity index (χ0) is 23.4. The quantitative estimate of drug-likeness (QED) is 0.383. The number of carbonyl (C=O) groups is 2. The number of fused-ring (bicyclic) bond motifs is 4. The number of hydrogen-bond acceptors (Lipinski definition) is 6. The smallest absolute Gasteiger partial charge is 0.196 e. The van der Waals surface area contributed by atoms with Crippen LogP contribution in [0.5, 0.6) is 11.5 Å². The Kier molecular flexibility index (Phi) is 4.28. The molecule has 0 atom stereocenters. The van der Waals surface area contributed by atoms with Crippen LogP contribution in [0.25, 0.3) is 33.5 Å². The Morgan fingerprint density at radius 1 is 0.529 bits per heavy atom. The van der Waals surface area contributed by atoms with Gasteiger partial charge in [-0.2, -0.15) is 0 Å². The van der Waals surface area contributed by atoms with Crippen LogP contribution in [0.3, 0.4) is 0 Å². The molecule has 0 fully saturated rings. The van der Waals surface area contributed by atoms with E-state index in [-0.39, 0.29) is 28.6 Å². The number of aromatic hydroxyl groups is 2. The van der Waals surface area contributed by atoms with Gasteiger partial charge in [-0.3, -0.25) is 9.59 Å². The zero-order valence-corrected chi connectivity index (χ0v) is 17.7. The van der Waals surface area contributed by atoms with Gasteiger partial charge < -0.3 is 10.2 Å². The van der Waals surface area contributed by atoms with E-state index in [4.69, 9.17) is 9.97 Å². The molecule has 0 aliphatic heterocycles. The predicted molar refractivity (Wildman–Crippen MR) is 127 cm³/mol. The van der Waals surface area contributed by atoms with Gasteiger partial charge in [-0.1, -0.05) is 24.3 Å². The lowest BCUT2D eigenvalue weighted by Gasteiger charge is -2.19. The third-order valence-electron chi connectivity index (χ3n) is 6.01. The first kappa shape index (κ1) is 19.8. The summed E-state index contributed by atoms with van der Waals surface area (Å²) >= 11 is 0. The van der Waals surface area contributed by atoms with Crippen LogP contribution in [0.1, 0.15) is 31.8 Å². The molecule has 5 aromatic rings. The maximum Gasteiger partial charge on any atom is 0.196 e. The molecule has 6 rings (SSSR count). The SMILES string of the molecule is O=C1c2ccccc2C(=O)c2c1ccc1nc(-c3ccc(O)cc3)c(-c3ccc(O)cc3)nc21. The molecule has 0 saturated carbocycles. The predicted octanol–water partition coefficient (Wildman–Crippen LogP) is 5.15. The molecule has 1 aromatic heterocycles. The van der Waals surface area contributed by atoms with Gasteiger partial charge in [0.1, 0.15) is 17.0 Å². The van der Waals surface area contributed by atoms with Crippen molar-refractivity contribution < 1.29 is 19.8 Å². The Morgan fingerprint density at radius 3 is 1.65 bits per heavy atom. The fourth-order valence-electron chi connectivity index (χ4n) is 4.34. The highest BCUT2D eigenvalue weighted by Crippen LogP contribution is 2.36. The molecule has 0 radical (unpaired) electrons. The van der Waals surface area contributed by atoms with Crippen LogP contribution in [0.2, 0.25) is 0 Å². The van der Waals surface area contributed by atoms with Crippen molar-refractivity contribution in [2.45, 2.75) is 0 Å². The molecule has 6 heteroatoms. The van der Waals surface area contributed by atoms with Gasteiger partial charge in [0.2, 0.25) is 0 Å². The number of rotatable bonds is 2. The summed E-state index contributed by atoms with van der Waals surface area (Å²) in [6, 6.07) is 23.2. The lowest BCUT2D eigenvalue weighted by molar-refractivity contribution is 0.0980. The zero-order valence-electron chi connectivity index (χ0n) is 17.7. The maximum absolute atomic E-state index is 13.5. The highest BCUT2D eigenvalue weighted by molar-refractivity contribution is 6.31. The number of phenolic OH excluding ortho intramolecular Hbond substituents is 2. The van der Waals surface area contributed by atoms with Crippen molar-refractivity contribution in [2.24, 2.45) is 0 Å². The van der Waals surface area contributed by atoms with Gasteiger partial charge >= 0.3 is 0 Å². The van der Waals surface area contributed by atoms with Crippen LogP contribution >= 0.6 is 0 Å². The Balaban J connectivity index is 1.67. The second kappa shape index (κ2) is 7.35. The van der Waals surface area contributed by atoms with Crippen molar-refractivity contribution in [3.63, 3.8) is 0 Å². The van der Waals surface area contributed by atoms with E-state index in [9.17, 15) is 19.8 Å². The Morgan fingerprint density at radius 2 is 1.06 bits per heavy atom. The van der Waals surface area contributed by atoms with Crippen LogP contribution in [-0.2, 0) is 0 Å². The van der Waals surface area contributed by atoms with Crippen molar-refractivity contribution in [2.75, 3.05) is 0 Å². The second-order valence-electron chi connectivity index (χ2n) is 8.07. The summed E-state index contributed by atoms with van der Waals surface area (Å²) in [5.74, 6) is -0.249. The van der Waals surface area contributed by atoms with Gasteiger partial charge in [0.15, 0.2) is 11.6 Å². The molecular weight excluding hydrogens is 428 g/mol. The molecule has 6 nitrogen and oxygen atoms in total. The summed E-state index contributed by atoms with van der Waals surface area (Å²) in [5, 5.41) is 19.5. The minimum absolute atomic E-state index is 0.110. The normalized spacial score (nSPS) is 12.5. The van der Waals surface area contributed by atoms with E-state index < -0.39 is 0 Å². The summed E-state index contributed by atoms with van der Waals surface area (Å²) in [5.41, 5.74) is 4.55. The Bertz CT molecular complexity index is 1640. The van der Waals surface area contributed by atoms with Crippen LogP contribution < -0.4 is 0 Å². The van der Waals surface area contributed by atoms with E-state index in [1.54, 1.807) is 84.9 Å². The van der Waals surface area contributed by atoms with Crippen LogP contribution in [0.4, 0.5) is 0 Å². The molecule has 1 aliphatic carbocycles. The molecule has 0 saturated heterocycles. The first-order chi connectivity index (χ1) is 16.5. The molecule has 0 amide bonds. The van der Waals surface area contributed by atoms with Gasteiger partial charge in [-0.25, -0.2) is 9.97 Å². The first-order valence-corrected chi connectivity index (χ1v) is 10.6. The van der Waals surface area contributed by atoms with Gasteiger partial charge in [0.25, 0.3) is 0 Å². The third-order valence-corrected chi connectivity index (χ3v) is 6.01. The van der Waals surface area contributed by atoms with Crippen LogP contribution in [0, 0.1) is 0 Å². The number of hydrogen-bond donors (Lipinski definition) is 2. The topological polar surface area (TPSA) is 100 Å². The summed E-state index contributed by atoms with van der Waals surface area (Å²) < 4.78 is 0. The maximum atomic E-state index is 13.5. The van der Waals surface area contributed by atoms with Crippen molar-refractivity contribution in [1.29, 1.82) is 0 Å². The number of aromatic nitrogens is 2. The number of phenols is 2. The number of nitrogens with zero attached hydrogens (tertiary/aromatic N) is 2.